The molecule has 2 aliphatic rings. The molecule has 6 nitrogen and oxygen atoms in total. The van der Waals surface area contributed by atoms with Gasteiger partial charge in [0.15, 0.2) is 0 Å². The summed E-state index contributed by atoms with van der Waals surface area (Å²) in [7, 11) is -3.66. The van der Waals surface area contributed by atoms with E-state index in [4.69, 9.17) is 4.55 Å². The number of aromatic nitrogens is 1. The molecule has 0 spiro atoms. The van der Waals surface area contributed by atoms with Crippen LogP contribution in [0.5, 0.6) is 0 Å². The Balaban J connectivity index is 0.000000286. The first kappa shape index (κ1) is 19.4. The normalized spacial score (nSPS) is 25.9. The van der Waals surface area contributed by atoms with Crippen LogP contribution in [0.1, 0.15) is 37.9 Å². The van der Waals surface area contributed by atoms with Crippen LogP contribution in [0.4, 0.5) is 0 Å². The zero-order valence-electron chi connectivity index (χ0n) is 15.4. The molecule has 1 fully saturated rings. The molecule has 26 heavy (non-hydrogen) atoms. The monoisotopic (exact) mass is 380 g/mol. The number of aliphatic hydroxyl groups is 1. The first-order valence-corrected chi connectivity index (χ1v) is 10.8. The lowest BCUT2D eigenvalue weighted by Gasteiger charge is -2.52. The molecule has 3 N–H and O–H groups in total. The van der Waals surface area contributed by atoms with Gasteiger partial charge in [-0.15, -0.1) is 0 Å². The summed E-state index contributed by atoms with van der Waals surface area (Å²) >= 11 is 0. The van der Waals surface area contributed by atoms with Crippen molar-refractivity contribution >= 4 is 21.0 Å². The predicted octanol–water partition coefficient (Wildman–Crippen LogP) is 2.54. The van der Waals surface area contributed by atoms with E-state index in [1.54, 1.807) is 0 Å². The number of aromatic amines is 1. The van der Waals surface area contributed by atoms with Crippen LogP contribution >= 0.6 is 0 Å². The summed E-state index contributed by atoms with van der Waals surface area (Å²) in [6.45, 7) is 6.24. The Hall–Kier alpha value is -1.41. The number of aliphatic hydroxyl groups excluding tert-OH is 1. The van der Waals surface area contributed by atoms with E-state index in [0.29, 0.717) is 5.92 Å². The second-order valence-corrected chi connectivity index (χ2v) is 9.04. The van der Waals surface area contributed by atoms with Crippen LogP contribution in [0, 0.1) is 5.92 Å². The first-order chi connectivity index (χ1) is 12.3. The van der Waals surface area contributed by atoms with Gasteiger partial charge in [0, 0.05) is 35.7 Å². The summed E-state index contributed by atoms with van der Waals surface area (Å²) in [5, 5.41) is 11.2. The number of rotatable bonds is 2. The molecular formula is C19H28N2O4S. The highest BCUT2D eigenvalue weighted by molar-refractivity contribution is 7.85. The summed E-state index contributed by atoms with van der Waals surface area (Å²) in [4.78, 5) is 6.25. The maximum atomic E-state index is 9.86. The van der Waals surface area contributed by atoms with Crippen molar-refractivity contribution in [3.8, 4) is 0 Å². The number of nitrogens with one attached hydrogen (secondary N) is 1. The molecule has 2 atom stereocenters. The zero-order chi connectivity index (χ0) is 18.9. The quantitative estimate of drug-likeness (QED) is 0.696. The Labute approximate surface area is 155 Å². The van der Waals surface area contributed by atoms with Crippen LogP contribution in [0.25, 0.3) is 10.9 Å². The predicted molar refractivity (Wildman–Crippen MR) is 103 cm³/mol. The molecule has 1 aromatic carbocycles. The lowest BCUT2D eigenvalue weighted by Crippen LogP contribution is -2.57. The molecule has 1 saturated heterocycles. The lowest BCUT2D eigenvalue weighted by molar-refractivity contribution is -0.0303. The number of hydrogen-bond acceptors (Lipinski definition) is 4. The van der Waals surface area contributed by atoms with Crippen molar-refractivity contribution in [2.24, 2.45) is 5.92 Å². The van der Waals surface area contributed by atoms with Crippen LogP contribution in [-0.2, 0) is 22.1 Å². The largest absolute Gasteiger partial charge is 0.396 e. The van der Waals surface area contributed by atoms with Crippen molar-refractivity contribution in [1.82, 2.24) is 9.88 Å². The topological polar surface area (TPSA) is 93.6 Å². The summed E-state index contributed by atoms with van der Waals surface area (Å²) < 4.78 is 26.9. The minimum Gasteiger partial charge on any atom is -0.396 e. The summed E-state index contributed by atoms with van der Waals surface area (Å²) in [5.41, 5.74) is 4.03. The van der Waals surface area contributed by atoms with Gasteiger partial charge in [0.1, 0.15) is 0 Å². The van der Waals surface area contributed by atoms with Gasteiger partial charge in [-0.1, -0.05) is 18.2 Å². The van der Waals surface area contributed by atoms with Gasteiger partial charge in [-0.25, -0.2) is 0 Å². The third kappa shape index (κ3) is 3.41. The van der Waals surface area contributed by atoms with Crippen LogP contribution in [0.3, 0.4) is 0 Å². The minimum atomic E-state index is -3.66. The van der Waals surface area contributed by atoms with Gasteiger partial charge in [-0.3, -0.25) is 9.45 Å². The van der Waals surface area contributed by atoms with Crippen LogP contribution in [-0.4, -0.2) is 53.4 Å². The fourth-order valence-electron chi connectivity index (χ4n) is 4.41. The molecule has 0 unspecified atom stereocenters. The number of para-hydroxylation sites is 1. The molecule has 0 amide bonds. The summed E-state index contributed by atoms with van der Waals surface area (Å²) in [6.07, 6.45) is 3.45. The fourth-order valence-corrected chi connectivity index (χ4v) is 4.41. The molecule has 1 aromatic heterocycles. The van der Waals surface area contributed by atoms with E-state index in [2.05, 4.69) is 41.1 Å². The van der Waals surface area contributed by atoms with Crippen LogP contribution in [0.2, 0.25) is 0 Å². The van der Waals surface area contributed by atoms with Gasteiger partial charge in [0.05, 0.1) is 11.3 Å². The zero-order valence-corrected chi connectivity index (χ0v) is 16.2. The molecule has 7 heteroatoms. The molecule has 0 radical (unpaired) electrons. The van der Waals surface area contributed by atoms with Crippen LogP contribution in [0.15, 0.2) is 24.3 Å². The molecular weight excluding hydrogens is 352 g/mol. The average molecular weight is 381 g/mol. The maximum Gasteiger partial charge on any atom is 0.264 e. The van der Waals surface area contributed by atoms with Gasteiger partial charge in [-0.2, -0.15) is 8.42 Å². The Morgan fingerprint density at radius 1 is 1.31 bits per heavy atom. The van der Waals surface area contributed by atoms with Crippen molar-refractivity contribution in [1.29, 1.82) is 0 Å². The Bertz CT molecular complexity index is 877. The number of piperidine rings is 1. The SMILES string of the molecule is CCS(=O)(=O)O.C[C@]12c3[nH]c4ccccc4c3CCN1CCC[C@@H]2CO. The number of H-pyrrole nitrogens is 1. The molecule has 144 valence electrons. The highest BCUT2D eigenvalue weighted by atomic mass is 32.2. The third-order valence-electron chi connectivity index (χ3n) is 5.97. The highest BCUT2D eigenvalue weighted by Gasteiger charge is 2.47. The lowest BCUT2D eigenvalue weighted by atomic mass is 9.72. The Kier molecular flexibility index (Phi) is 5.44. The molecule has 3 heterocycles. The van der Waals surface area contributed by atoms with E-state index in [1.165, 1.54) is 35.5 Å². The molecule has 0 bridgehead atoms. The second kappa shape index (κ2) is 7.31. The molecule has 0 aliphatic carbocycles. The molecule has 2 aromatic rings. The van der Waals surface area contributed by atoms with Gasteiger partial charge in [0.2, 0.25) is 0 Å². The number of benzene rings is 1. The van der Waals surface area contributed by atoms with Gasteiger partial charge in [0.25, 0.3) is 10.1 Å². The minimum absolute atomic E-state index is 0.0282. The van der Waals surface area contributed by atoms with Crippen molar-refractivity contribution in [2.75, 3.05) is 25.4 Å². The Morgan fingerprint density at radius 2 is 2.00 bits per heavy atom. The number of nitrogens with zero attached hydrogens (tertiary/aromatic N) is 1. The first-order valence-electron chi connectivity index (χ1n) is 9.22. The standard InChI is InChI=1S/C17H22N2O.C2H6O3S/c1-17-12(11-20)5-4-9-19(17)10-8-14-13-6-2-3-7-15(13)18-16(14)17;1-2-6(3,4)5/h2-3,6-7,12,18,20H,4-5,8-11H2,1H3;2H2,1H3,(H,3,4,5)/t12-,17+;/m1./s1. The molecule has 0 saturated carbocycles. The van der Waals surface area contributed by atoms with E-state index in [1.807, 2.05) is 0 Å². The number of hydrogen-bond donors (Lipinski definition) is 3. The average Bonchev–Trinajstić information content (AvgIpc) is 3.01. The highest BCUT2D eigenvalue weighted by Crippen LogP contribution is 2.46. The van der Waals surface area contributed by atoms with Crippen molar-refractivity contribution in [3.63, 3.8) is 0 Å². The Morgan fingerprint density at radius 3 is 2.65 bits per heavy atom. The van der Waals surface area contributed by atoms with Crippen LogP contribution < -0.4 is 0 Å². The summed E-state index contributed by atoms with van der Waals surface area (Å²) in [6, 6.07) is 8.60. The van der Waals surface area contributed by atoms with E-state index in [0.717, 1.165) is 25.9 Å². The maximum absolute atomic E-state index is 9.86. The summed E-state index contributed by atoms with van der Waals surface area (Å²) in [5.74, 6) is 0.135. The number of fused-ring (bicyclic) bond motifs is 5. The van der Waals surface area contributed by atoms with Gasteiger partial charge < -0.3 is 10.1 Å². The smallest absolute Gasteiger partial charge is 0.264 e. The molecule has 4 rings (SSSR count). The van der Waals surface area contributed by atoms with Crippen molar-refractivity contribution in [2.45, 2.75) is 38.6 Å². The fraction of sp³-hybridized carbons (Fsp3) is 0.579. The van der Waals surface area contributed by atoms with E-state index < -0.39 is 10.1 Å². The molecule has 2 aliphatic heterocycles. The van der Waals surface area contributed by atoms with E-state index in [-0.39, 0.29) is 17.9 Å². The third-order valence-corrected chi connectivity index (χ3v) is 6.70. The van der Waals surface area contributed by atoms with Crippen molar-refractivity contribution < 1.29 is 18.1 Å². The second-order valence-electron chi connectivity index (χ2n) is 7.30. The van der Waals surface area contributed by atoms with Gasteiger partial charge >= 0.3 is 0 Å². The van der Waals surface area contributed by atoms with E-state index >= 15 is 0 Å². The van der Waals surface area contributed by atoms with E-state index in [9.17, 15) is 13.5 Å². The van der Waals surface area contributed by atoms with Gasteiger partial charge in [-0.05, 0) is 51.3 Å². The van der Waals surface area contributed by atoms with Crippen molar-refractivity contribution in [3.05, 3.63) is 35.5 Å².